The molecule has 0 amide bonds. The maximum atomic E-state index is 12.6. The summed E-state index contributed by atoms with van der Waals surface area (Å²) in [5, 5.41) is -0.167. The number of pyridine rings is 1. The smallest absolute Gasteiger partial charge is 0.241 e. The summed E-state index contributed by atoms with van der Waals surface area (Å²) in [4.78, 5) is 2.89. The molecule has 0 aliphatic carbocycles. The fraction of sp³-hybridized carbons (Fsp3) is 0.125. The Morgan fingerprint density at radius 3 is 2.53 bits per heavy atom. The Bertz CT molecular complexity index is 678. The first-order chi connectivity index (χ1) is 7.71. The highest BCUT2D eigenvalue weighted by molar-refractivity contribution is 8.14. The highest BCUT2D eigenvalue weighted by Gasteiger charge is 2.35. The monoisotopic (exact) mass is 284 g/mol. The molecule has 0 aliphatic heterocycles. The zero-order valence-electron chi connectivity index (χ0n) is 7.94. The Hall–Kier alpha value is -1.28. The van der Waals surface area contributed by atoms with Gasteiger partial charge in [0.25, 0.3) is 9.05 Å². The van der Waals surface area contributed by atoms with Crippen LogP contribution in [0.3, 0.4) is 0 Å². The number of fused-ring (bicyclic) bond motifs is 1. The summed E-state index contributed by atoms with van der Waals surface area (Å²) in [5.74, 6) is 0. The molecule has 0 aromatic carbocycles. The Labute approximate surface area is 98.0 Å². The van der Waals surface area contributed by atoms with E-state index in [2.05, 4.69) is 4.98 Å². The minimum absolute atomic E-state index is 0.167. The van der Waals surface area contributed by atoms with Crippen LogP contribution in [0, 0.1) is 0 Å². The second-order valence-corrected chi connectivity index (χ2v) is 5.68. The maximum absolute atomic E-state index is 12.6. The molecule has 17 heavy (non-hydrogen) atoms. The van der Waals surface area contributed by atoms with Gasteiger partial charge >= 0.3 is 6.30 Å². The van der Waals surface area contributed by atoms with Gasteiger partial charge in [0.15, 0.2) is 0 Å². The molecule has 0 N–H and O–H groups in total. The minimum Gasteiger partial charge on any atom is -0.241 e. The maximum Gasteiger partial charge on any atom is 0.490 e. The number of aromatic nitrogens is 2. The molecule has 0 spiro atoms. The van der Waals surface area contributed by atoms with Gasteiger partial charge in [-0.15, -0.1) is 13.2 Å². The van der Waals surface area contributed by atoms with Gasteiger partial charge in [-0.1, -0.05) is 0 Å². The normalized spacial score (nSPS) is 13.2. The number of nitrogens with zero attached hydrogens (tertiary/aromatic N) is 2. The molecular formula is C8H4ClF3N2O2S. The van der Waals surface area contributed by atoms with E-state index in [1.165, 1.54) is 12.1 Å². The molecule has 0 atom stereocenters. The Kier molecular flexibility index (Phi) is 2.58. The third-order valence-corrected chi connectivity index (χ3v) is 3.41. The Morgan fingerprint density at radius 2 is 2.00 bits per heavy atom. The molecule has 2 aromatic heterocycles. The standard InChI is InChI=1S/C8H4ClF3N2O2S/c9-17(15,16)6-4-14(8(10,11)12)7-5(6)2-1-3-13-7/h1-4H. The minimum atomic E-state index is -4.76. The third-order valence-electron chi connectivity index (χ3n) is 2.06. The van der Waals surface area contributed by atoms with Crippen LogP contribution < -0.4 is 0 Å². The molecule has 2 aromatic rings. The van der Waals surface area contributed by atoms with Crippen molar-refractivity contribution in [3.8, 4) is 0 Å². The van der Waals surface area contributed by atoms with Crippen LogP contribution in [-0.4, -0.2) is 18.0 Å². The first-order valence-corrected chi connectivity index (χ1v) is 6.50. The van der Waals surface area contributed by atoms with Gasteiger partial charge in [-0.25, -0.2) is 18.0 Å². The van der Waals surface area contributed by atoms with Crippen LogP contribution in [0.1, 0.15) is 0 Å². The van der Waals surface area contributed by atoms with Crippen LogP contribution in [0.25, 0.3) is 11.0 Å². The van der Waals surface area contributed by atoms with Gasteiger partial charge in [-0.3, -0.25) is 0 Å². The molecule has 0 aliphatic rings. The van der Waals surface area contributed by atoms with Crippen molar-refractivity contribution in [2.45, 2.75) is 11.2 Å². The summed E-state index contributed by atoms with van der Waals surface area (Å²) < 4.78 is 59.9. The first kappa shape index (κ1) is 12.2. The predicted molar refractivity (Wildman–Crippen MR) is 54.1 cm³/mol. The molecule has 0 saturated heterocycles. The Balaban J connectivity index is 2.91. The average molecular weight is 285 g/mol. The molecule has 0 radical (unpaired) electrons. The van der Waals surface area contributed by atoms with Crippen molar-refractivity contribution < 1.29 is 21.6 Å². The largest absolute Gasteiger partial charge is 0.490 e. The lowest BCUT2D eigenvalue weighted by Gasteiger charge is -2.07. The highest BCUT2D eigenvalue weighted by atomic mass is 35.7. The van der Waals surface area contributed by atoms with Crippen molar-refractivity contribution in [3.63, 3.8) is 0 Å². The zero-order valence-corrected chi connectivity index (χ0v) is 9.51. The van der Waals surface area contributed by atoms with Crippen molar-refractivity contribution >= 4 is 30.8 Å². The number of hydrogen-bond donors (Lipinski definition) is 0. The lowest BCUT2D eigenvalue weighted by atomic mass is 10.3. The first-order valence-electron chi connectivity index (χ1n) is 4.19. The summed E-state index contributed by atoms with van der Waals surface area (Å²) in [7, 11) is 0.807. The van der Waals surface area contributed by atoms with Gasteiger partial charge in [0.1, 0.15) is 10.5 Å². The van der Waals surface area contributed by atoms with Crippen LogP contribution in [0.2, 0.25) is 0 Å². The van der Waals surface area contributed by atoms with Gasteiger partial charge in [-0.05, 0) is 12.1 Å². The second-order valence-electron chi connectivity index (χ2n) is 3.14. The van der Waals surface area contributed by atoms with Gasteiger partial charge in [0.05, 0.1) is 0 Å². The van der Waals surface area contributed by atoms with Gasteiger partial charge in [0, 0.05) is 28.5 Å². The molecule has 0 saturated carbocycles. The van der Waals surface area contributed by atoms with E-state index in [0.717, 1.165) is 6.20 Å². The third kappa shape index (κ3) is 2.09. The van der Waals surface area contributed by atoms with Crippen LogP contribution in [0.15, 0.2) is 29.4 Å². The molecule has 0 unspecified atom stereocenters. The number of alkyl halides is 3. The summed E-state index contributed by atoms with van der Waals surface area (Å²) in [6.07, 6.45) is -3.21. The van der Waals surface area contributed by atoms with Crippen LogP contribution in [0.4, 0.5) is 13.2 Å². The molecular weight excluding hydrogens is 281 g/mol. The molecule has 2 rings (SSSR count). The fourth-order valence-electron chi connectivity index (χ4n) is 1.42. The molecule has 4 nitrogen and oxygen atoms in total. The summed E-state index contributed by atoms with van der Waals surface area (Å²) in [5.41, 5.74) is -0.501. The molecule has 0 fully saturated rings. The predicted octanol–water partition coefficient (Wildman–Crippen LogP) is 2.44. The Morgan fingerprint density at radius 1 is 1.35 bits per heavy atom. The van der Waals surface area contributed by atoms with Crippen LogP contribution in [0.5, 0.6) is 0 Å². The molecule has 2 heterocycles. The zero-order chi connectivity index (χ0) is 12.8. The van der Waals surface area contributed by atoms with E-state index >= 15 is 0 Å². The topological polar surface area (TPSA) is 52.0 Å². The fourth-order valence-corrected chi connectivity index (χ4v) is 2.44. The second kappa shape index (κ2) is 3.61. The van der Waals surface area contributed by atoms with E-state index in [0.29, 0.717) is 6.20 Å². The van der Waals surface area contributed by atoms with Gasteiger partial charge in [-0.2, -0.15) is 0 Å². The van der Waals surface area contributed by atoms with Gasteiger partial charge < -0.3 is 0 Å². The lowest BCUT2D eigenvalue weighted by Crippen LogP contribution is -2.15. The number of hydrogen-bond acceptors (Lipinski definition) is 3. The van der Waals surface area contributed by atoms with Crippen molar-refractivity contribution in [1.29, 1.82) is 0 Å². The van der Waals surface area contributed by atoms with E-state index < -0.39 is 25.9 Å². The van der Waals surface area contributed by atoms with Crippen LogP contribution >= 0.6 is 10.7 Å². The quantitative estimate of drug-likeness (QED) is 0.756. The molecule has 9 heteroatoms. The molecule has 92 valence electrons. The number of rotatable bonds is 1. The SMILES string of the molecule is O=S(=O)(Cl)c1cn(C(F)(F)F)c2ncccc12. The number of halogens is 4. The van der Waals surface area contributed by atoms with E-state index in [1.54, 1.807) is 0 Å². The summed E-state index contributed by atoms with van der Waals surface area (Å²) in [6, 6.07) is 2.54. The van der Waals surface area contributed by atoms with E-state index in [1.807, 2.05) is 0 Å². The van der Waals surface area contributed by atoms with E-state index in [9.17, 15) is 21.6 Å². The van der Waals surface area contributed by atoms with Crippen molar-refractivity contribution in [2.75, 3.05) is 0 Å². The van der Waals surface area contributed by atoms with Crippen molar-refractivity contribution in [1.82, 2.24) is 9.55 Å². The van der Waals surface area contributed by atoms with Crippen molar-refractivity contribution in [3.05, 3.63) is 24.5 Å². The van der Waals surface area contributed by atoms with E-state index in [4.69, 9.17) is 10.7 Å². The molecule has 0 bridgehead atoms. The summed E-state index contributed by atoms with van der Waals surface area (Å²) in [6.45, 7) is 0. The van der Waals surface area contributed by atoms with Gasteiger partial charge in [0.2, 0.25) is 0 Å². The highest BCUT2D eigenvalue weighted by Crippen LogP contribution is 2.33. The lowest BCUT2D eigenvalue weighted by molar-refractivity contribution is -0.201. The van der Waals surface area contributed by atoms with Crippen LogP contribution in [-0.2, 0) is 15.4 Å². The average Bonchev–Trinajstić information content (AvgIpc) is 2.55. The summed E-state index contributed by atoms with van der Waals surface area (Å²) >= 11 is 0. The van der Waals surface area contributed by atoms with E-state index in [-0.39, 0.29) is 9.95 Å². The van der Waals surface area contributed by atoms with Crippen molar-refractivity contribution in [2.24, 2.45) is 0 Å².